The van der Waals surface area contributed by atoms with Crippen molar-refractivity contribution in [2.24, 2.45) is 5.92 Å². The van der Waals surface area contributed by atoms with Crippen molar-refractivity contribution < 1.29 is 4.79 Å². The van der Waals surface area contributed by atoms with E-state index in [1.807, 2.05) is 19.9 Å². The molecule has 0 spiro atoms. The van der Waals surface area contributed by atoms with E-state index in [2.05, 4.69) is 4.98 Å². The fourth-order valence-corrected chi connectivity index (χ4v) is 1.87. The Bertz CT molecular complexity index is 334. The smallest absolute Gasteiger partial charge is 0.167 e. The van der Waals surface area contributed by atoms with Gasteiger partial charge in [-0.3, -0.25) is 4.79 Å². The van der Waals surface area contributed by atoms with Crippen LogP contribution in [0, 0.1) is 19.8 Å². The van der Waals surface area contributed by atoms with E-state index < -0.39 is 0 Å². The zero-order chi connectivity index (χ0) is 9.42. The molecule has 1 aromatic heterocycles. The average Bonchev–Trinajstić information content (AvgIpc) is 2.26. The molecule has 0 amide bonds. The number of aromatic amines is 1. The molecule has 0 atom stereocenters. The van der Waals surface area contributed by atoms with Crippen LogP contribution in [0.4, 0.5) is 0 Å². The molecule has 1 aliphatic rings. The number of rotatable bonds is 2. The maximum Gasteiger partial charge on any atom is 0.167 e. The molecule has 1 N–H and O–H groups in total. The quantitative estimate of drug-likeness (QED) is 0.692. The van der Waals surface area contributed by atoms with Gasteiger partial charge in [0.25, 0.3) is 0 Å². The van der Waals surface area contributed by atoms with E-state index in [0.717, 1.165) is 29.8 Å². The zero-order valence-corrected chi connectivity index (χ0v) is 8.18. The van der Waals surface area contributed by atoms with Crippen LogP contribution in [0.25, 0.3) is 0 Å². The highest BCUT2D eigenvalue weighted by Gasteiger charge is 2.27. The third-order valence-electron chi connectivity index (χ3n) is 2.89. The third kappa shape index (κ3) is 1.41. The first-order valence-electron chi connectivity index (χ1n) is 4.89. The van der Waals surface area contributed by atoms with Crippen LogP contribution in [0.5, 0.6) is 0 Å². The van der Waals surface area contributed by atoms with Crippen LogP contribution >= 0.6 is 0 Å². The van der Waals surface area contributed by atoms with Gasteiger partial charge in [-0.2, -0.15) is 0 Å². The van der Waals surface area contributed by atoms with Crippen LogP contribution in [0.2, 0.25) is 0 Å². The molecule has 1 fully saturated rings. The zero-order valence-electron chi connectivity index (χ0n) is 8.18. The first-order valence-corrected chi connectivity index (χ1v) is 4.89. The fraction of sp³-hybridized carbons (Fsp3) is 0.545. The van der Waals surface area contributed by atoms with E-state index in [4.69, 9.17) is 0 Å². The van der Waals surface area contributed by atoms with Gasteiger partial charge >= 0.3 is 0 Å². The van der Waals surface area contributed by atoms with Gasteiger partial charge in [0, 0.05) is 22.9 Å². The lowest BCUT2D eigenvalue weighted by atomic mass is 9.80. The van der Waals surface area contributed by atoms with Gasteiger partial charge in [0.1, 0.15) is 0 Å². The van der Waals surface area contributed by atoms with E-state index in [-0.39, 0.29) is 0 Å². The van der Waals surface area contributed by atoms with Gasteiger partial charge in [0.15, 0.2) is 5.78 Å². The van der Waals surface area contributed by atoms with Crippen LogP contribution in [0.15, 0.2) is 6.07 Å². The highest BCUT2D eigenvalue weighted by atomic mass is 16.1. The minimum atomic E-state index is 0.314. The van der Waals surface area contributed by atoms with Crippen LogP contribution in [0.3, 0.4) is 0 Å². The van der Waals surface area contributed by atoms with Crippen molar-refractivity contribution in [1.29, 1.82) is 0 Å². The summed E-state index contributed by atoms with van der Waals surface area (Å²) < 4.78 is 0. The summed E-state index contributed by atoms with van der Waals surface area (Å²) in [5.41, 5.74) is 3.01. The van der Waals surface area contributed by atoms with Crippen LogP contribution in [-0.2, 0) is 0 Å². The number of H-pyrrole nitrogens is 1. The van der Waals surface area contributed by atoms with E-state index in [1.54, 1.807) is 0 Å². The van der Waals surface area contributed by atoms with Gasteiger partial charge in [-0.25, -0.2) is 0 Å². The monoisotopic (exact) mass is 177 g/mol. The Hall–Kier alpha value is -1.05. The molecule has 1 saturated carbocycles. The van der Waals surface area contributed by atoms with Gasteiger partial charge in [-0.1, -0.05) is 6.42 Å². The number of Topliss-reactive ketones (excluding diaryl/α,β-unsaturated/α-hetero) is 1. The molecule has 1 heterocycles. The number of hydrogen-bond acceptors (Lipinski definition) is 1. The SMILES string of the molecule is Cc1cc(C(=O)C2CCC2)c(C)[nH]1. The van der Waals surface area contributed by atoms with Crippen LogP contribution < -0.4 is 0 Å². The largest absolute Gasteiger partial charge is 0.362 e. The third-order valence-corrected chi connectivity index (χ3v) is 2.89. The molecule has 13 heavy (non-hydrogen) atoms. The summed E-state index contributed by atoms with van der Waals surface area (Å²) in [7, 11) is 0. The molecular formula is C11H15NO. The number of carbonyl (C=O) groups is 1. The maximum atomic E-state index is 11.8. The summed E-state index contributed by atoms with van der Waals surface area (Å²) in [6.45, 7) is 3.96. The Kier molecular flexibility index (Phi) is 1.98. The minimum Gasteiger partial charge on any atom is -0.362 e. The summed E-state index contributed by atoms with van der Waals surface area (Å²) in [6.07, 6.45) is 3.39. The molecular weight excluding hydrogens is 162 g/mol. The van der Waals surface area contributed by atoms with Crippen molar-refractivity contribution in [2.75, 3.05) is 0 Å². The molecule has 70 valence electrons. The Labute approximate surface area is 78.4 Å². The summed E-state index contributed by atoms with van der Waals surface area (Å²) in [5, 5.41) is 0. The predicted octanol–water partition coefficient (Wildman–Crippen LogP) is 2.61. The fourth-order valence-electron chi connectivity index (χ4n) is 1.87. The first kappa shape index (κ1) is 8.54. The number of carbonyl (C=O) groups excluding carboxylic acids is 1. The molecule has 0 bridgehead atoms. The van der Waals surface area contributed by atoms with E-state index >= 15 is 0 Å². The van der Waals surface area contributed by atoms with Crippen molar-refractivity contribution in [3.8, 4) is 0 Å². The van der Waals surface area contributed by atoms with Crippen LogP contribution in [0.1, 0.15) is 41.0 Å². The predicted molar refractivity (Wildman–Crippen MR) is 51.9 cm³/mol. The normalized spacial score (nSPS) is 17.1. The van der Waals surface area contributed by atoms with Gasteiger partial charge in [0.2, 0.25) is 0 Å². The molecule has 2 rings (SSSR count). The maximum absolute atomic E-state index is 11.8. The highest BCUT2D eigenvalue weighted by molar-refractivity contribution is 5.99. The van der Waals surface area contributed by atoms with Crippen molar-refractivity contribution in [3.63, 3.8) is 0 Å². The topological polar surface area (TPSA) is 32.9 Å². The second-order valence-corrected chi connectivity index (χ2v) is 3.98. The molecule has 0 aliphatic heterocycles. The van der Waals surface area contributed by atoms with Crippen LogP contribution in [-0.4, -0.2) is 10.8 Å². The summed E-state index contributed by atoms with van der Waals surface area (Å²) >= 11 is 0. The molecule has 0 aromatic carbocycles. The van der Waals surface area contributed by atoms with Gasteiger partial charge < -0.3 is 4.98 Å². The van der Waals surface area contributed by atoms with Gasteiger partial charge in [-0.15, -0.1) is 0 Å². The molecule has 1 aromatic rings. The van der Waals surface area contributed by atoms with Crippen molar-refractivity contribution in [3.05, 3.63) is 23.0 Å². The second kappa shape index (κ2) is 3.02. The number of aromatic nitrogens is 1. The van der Waals surface area contributed by atoms with Gasteiger partial charge in [0.05, 0.1) is 0 Å². The number of nitrogens with one attached hydrogen (secondary N) is 1. The highest BCUT2D eigenvalue weighted by Crippen LogP contribution is 2.30. The number of hydrogen-bond donors (Lipinski definition) is 1. The average molecular weight is 177 g/mol. The summed E-state index contributed by atoms with van der Waals surface area (Å²) in [6, 6.07) is 1.97. The van der Waals surface area contributed by atoms with Crippen molar-refractivity contribution >= 4 is 5.78 Å². The van der Waals surface area contributed by atoms with Crippen molar-refractivity contribution in [1.82, 2.24) is 4.98 Å². The Morgan fingerprint density at radius 3 is 2.54 bits per heavy atom. The van der Waals surface area contributed by atoms with E-state index in [1.165, 1.54) is 6.42 Å². The molecule has 0 radical (unpaired) electrons. The molecule has 2 heteroatoms. The number of ketones is 1. The Morgan fingerprint density at radius 1 is 1.46 bits per heavy atom. The Balaban J connectivity index is 2.23. The minimum absolute atomic E-state index is 0.314. The lowest BCUT2D eigenvalue weighted by Gasteiger charge is -2.23. The molecule has 0 unspecified atom stereocenters. The standard InChI is InChI=1S/C11H15NO/c1-7-6-10(8(2)12-7)11(13)9-4-3-5-9/h6,9,12H,3-5H2,1-2H3. The summed E-state index contributed by atoms with van der Waals surface area (Å²) in [4.78, 5) is 15.0. The van der Waals surface area contributed by atoms with E-state index in [0.29, 0.717) is 11.7 Å². The molecule has 1 aliphatic carbocycles. The lowest BCUT2D eigenvalue weighted by Crippen LogP contribution is -2.22. The summed E-state index contributed by atoms with van der Waals surface area (Å²) in [5.74, 6) is 0.655. The second-order valence-electron chi connectivity index (χ2n) is 3.98. The lowest BCUT2D eigenvalue weighted by molar-refractivity contribution is 0.0854. The molecule has 2 nitrogen and oxygen atoms in total. The van der Waals surface area contributed by atoms with Crippen molar-refractivity contribution in [2.45, 2.75) is 33.1 Å². The van der Waals surface area contributed by atoms with E-state index in [9.17, 15) is 4.79 Å². The Morgan fingerprint density at radius 2 is 2.15 bits per heavy atom. The molecule has 0 saturated heterocycles. The van der Waals surface area contributed by atoms with Gasteiger partial charge in [-0.05, 0) is 32.8 Å². The first-order chi connectivity index (χ1) is 6.18. The number of aryl methyl sites for hydroxylation is 2.